The summed E-state index contributed by atoms with van der Waals surface area (Å²) in [6.07, 6.45) is -3.40. The summed E-state index contributed by atoms with van der Waals surface area (Å²) >= 11 is 0. The summed E-state index contributed by atoms with van der Waals surface area (Å²) in [7, 11) is 0. The van der Waals surface area contributed by atoms with Crippen LogP contribution in [-0.4, -0.2) is 11.1 Å². The van der Waals surface area contributed by atoms with Crippen molar-refractivity contribution >= 4 is 17.6 Å². The van der Waals surface area contributed by atoms with Crippen molar-refractivity contribution in [2.45, 2.75) is 12.8 Å². The third-order valence-electron chi connectivity index (χ3n) is 4.11. The predicted octanol–water partition coefficient (Wildman–Crippen LogP) is 5.78. The molecule has 0 unspecified atom stereocenters. The fourth-order valence-electron chi connectivity index (χ4n) is 2.63. The van der Waals surface area contributed by atoms with Gasteiger partial charge in [-0.05, 0) is 42.0 Å². The highest BCUT2D eigenvalue weighted by Crippen LogP contribution is 2.35. The van der Waals surface area contributed by atoms with Crippen LogP contribution in [0.2, 0.25) is 0 Å². The Bertz CT molecular complexity index is 1120. The third kappa shape index (κ3) is 5.78. The molecule has 3 rings (SSSR count). The normalized spacial score (nSPS) is 11.5. The van der Waals surface area contributed by atoms with Crippen molar-refractivity contribution in [3.05, 3.63) is 99.4 Å². The summed E-state index contributed by atoms with van der Waals surface area (Å²) in [5.74, 6) is 0.0255. The Balaban J connectivity index is 1.75. The molecule has 0 atom stereocenters. The smallest absolute Gasteiger partial charge is 0.416 e. The molecule has 160 valence electrons. The molecule has 0 bridgehead atoms. The lowest BCUT2D eigenvalue weighted by molar-refractivity contribution is -0.384. The number of para-hydroxylation sites is 1. The van der Waals surface area contributed by atoms with Gasteiger partial charge in [0, 0.05) is 11.6 Å². The monoisotopic (exact) mass is 433 g/mol. The van der Waals surface area contributed by atoms with Crippen molar-refractivity contribution in [3.63, 3.8) is 0 Å². The molecule has 0 fully saturated rings. The number of hydrogen-bond donors (Lipinski definition) is 1. The Labute approximate surface area is 173 Å². The minimum Gasteiger partial charge on any atom is -0.488 e. The zero-order valence-electron chi connectivity index (χ0n) is 15.8. The Morgan fingerprint density at radius 2 is 1.84 bits per heavy atom. The zero-order valence-corrected chi connectivity index (χ0v) is 15.8. The highest BCUT2D eigenvalue weighted by atomic mass is 19.4. The molecule has 0 amide bonds. The Kier molecular flexibility index (Phi) is 6.49. The van der Waals surface area contributed by atoms with Crippen molar-refractivity contribution in [1.82, 2.24) is 0 Å². The lowest BCUT2D eigenvalue weighted by atomic mass is 10.1. The molecule has 0 aromatic heterocycles. The summed E-state index contributed by atoms with van der Waals surface area (Å²) in [6.45, 7) is 0.0976. The van der Waals surface area contributed by atoms with Gasteiger partial charge in [-0.25, -0.2) is 4.39 Å². The Hall–Kier alpha value is -3.95. The molecule has 31 heavy (non-hydrogen) atoms. The lowest BCUT2D eigenvalue weighted by Gasteiger charge is -2.10. The van der Waals surface area contributed by atoms with Crippen LogP contribution in [0.5, 0.6) is 5.75 Å². The van der Waals surface area contributed by atoms with E-state index in [1.165, 1.54) is 18.3 Å². The first-order valence-electron chi connectivity index (χ1n) is 8.85. The molecule has 0 spiro atoms. The molecule has 1 N–H and O–H groups in total. The van der Waals surface area contributed by atoms with Crippen LogP contribution in [-0.2, 0) is 12.8 Å². The number of nitrogens with one attached hydrogen (secondary N) is 1. The number of anilines is 1. The number of benzene rings is 3. The number of rotatable bonds is 7. The number of alkyl halides is 3. The number of nitrogens with zero attached hydrogens (tertiary/aromatic N) is 2. The number of nitro groups is 1. The quantitative estimate of drug-likeness (QED) is 0.222. The van der Waals surface area contributed by atoms with Gasteiger partial charge in [0.25, 0.3) is 5.69 Å². The minimum atomic E-state index is -4.70. The molecule has 0 aliphatic carbocycles. The van der Waals surface area contributed by atoms with Crippen molar-refractivity contribution in [2.24, 2.45) is 5.10 Å². The van der Waals surface area contributed by atoms with Crippen LogP contribution in [0, 0.1) is 15.9 Å². The van der Waals surface area contributed by atoms with E-state index >= 15 is 0 Å². The number of ether oxygens (including phenoxy) is 1. The number of hydrazone groups is 1. The first-order chi connectivity index (χ1) is 14.7. The van der Waals surface area contributed by atoms with Gasteiger partial charge in [0.2, 0.25) is 0 Å². The third-order valence-corrected chi connectivity index (χ3v) is 4.11. The molecule has 0 saturated heterocycles. The van der Waals surface area contributed by atoms with Gasteiger partial charge < -0.3 is 4.74 Å². The van der Waals surface area contributed by atoms with E-state index in [-0.39, 0.29) is 12.3 Å². The van der Waals surface area contributed by atoms with Crippen LogP contribution in [0.3, 0.4) is 0 Å². The fourth-order valence-corrected chi connectivity index (χ4v) is 2.63. The molecular formula is C21H15F4N3O3. The second kappa shape index (κ2) is 9.24. The van der Waals surface area contributed by atoms with E-state index in [1.54, 1.807) is 36.4 Å². The molecule has 6 nitrogen and oxygen atoms in total. The summed E-state index contributed by atoms with van der Waals surface area (Å²) < 4.78 is 57.3. The van der Waals surface area contributed by atoms with E-state index in [0.29, 0.717) is 22.9 Å². The highest BCUT2D eigenvalue weighted by molar-refractivity contribution is 5.84. The Morgan fingerprint density at radius 3 is 2.55 bits per heavy atom. The second-order valence-corrected chi connectivity index (χ2v) is 6.31. The van der Waals surface area contributed by atoms with Gasteiger partial charge in [0.05, 0.1) is 16.7 Å². The number of hydrogen-bond acceptors (Lipinski definition) is 5. The maximum atomic E-state index is 13.3. The summed E-state index contributed by atoms with van der Waals surface area (Å²) in [5, 5.41) is 15.0. The van der Waals surface area contributed by atoms with Crippen LogP contribution in [0.1, 0.15) is 16.7 Å². The Morgan fingerprint density at radius 1 is 1.06 bits per heavy atom. The number of halogens is 4. The van der Waals surface area contributed by atoms with E-state index in [4.69, 9.17) is 4.74 Å². The van der Waals surface area contributed by atoms with Crippen molar-refractivity contribution in [2.75, 3.05) is 5.43 Å². The van der Waals surface area contributed by atoms with Crippen LogP contribution in [0.25, 0.3) is 0 Å². The highest BCUT2D eigenvalue weighted by Gasteiger charge is 2.33. The van der Waals surface area contributed by atoms with Crippen LogP contribution >= 0.6 is 0 Å². The topological polar surface area (TPSA) is 76.8 Å². The molecule has 3 aromatic rings. The SMILES string of the molecule is O=[N+]([O-])c1cc(C(F)(F)F)ccc1N/N=C\c1ccccc1OCc1cccc(F)c1. The standard InChI is InChI=1S/C21H15F4N3O3/c22-17-6-3-4-14(10-17)13-31-20-7-2-1-5-15(20)12-26-27-18-9-8-16(21(23,24)25)11-19(18)28(29)30/h1-12,27H,13H2/b26-12-. The predicted molar refractivity (Wildman–Crippen MR) is 106 cm³/mol. The van der Waals surface area contributed by atoms with Gasteiger partial charge >= 0.3 is 6.18 Å². The van der Waals surface area contributed by atoms with E-state index in [1.807, 2.05) is 0 Å². The van der Waals surface area contributed by atoms with Crippen molar-refractivity contribution in [3.8, 4) is 5.75 Å². The van der Waals surface area contributed by atoms with Crippen LogP contribution in [0.15, 0.2) is 71.8 Å². The minimum absolute atomic E-state index is 0.0976. The van der Waals surface area contributed by atoms with Crippen molar-refractivity contribution < 1.29 is 27.2 Å². The first-order valence-corrected chi connectivity index (χ1v) is 8.85. The lowest BCUT2D eigenvalue weighted by Crippen LogP contribution is -2.06. The van der Waals surface area contributed by atoms with E-state index in [2.05, 4.69) is 10.5 Å². The van der Waals surface area contributed by atoms with Gasteiger partial charge in [-0.1, -0.05) is 24.3 Å². The zero-order chi connectivity index (χ0) is 22.4. The van der Waals surface area contributed by atoms with Gasteiger partial charge in [-0.2, -0.15) is 18.3 Å². The van der Waals surface area contributed by atoms with Gasteiger partial charge in [0.15, 0.2) is 0 Å². The van der Waals surface area contributed by atoms with Crippen molar-refractivity contribution in [1.29, 1.82) is 0 Å². The van der Waals surface area contributed by atoms with E-state index < -0.39 is 28.2 Å². The summed E-state index contributed by atoms with van der Waals surface area (Å²) in [4.78, 5) is 10.2. The fraction of sp³-hybridized carbons (Fsp3) is 0.0952. The molecular weight excluding hydrogens is 418 g/mol. The maximum absolute atomic E-state index is 13.3. The van der Waals surface area contributed by atoms with Gasteiger partial charge in [0.1, 0.15) is 23.9 Å². The first kappa shape index (κ1) is 21.8. The molecule has 0 saturated carbocycles. The summed E-state index contributed by atoms with van der Waals surface area (Å²) in [6, 6.07) is 14.7. The summed E-state index contributed by atoms with van der Waals surface area (Å²) in [5.41, 5.74) is 1.41. The maximum Gasteiger partial charge on any atom is 0.416 e. The second-order valence-electron chi connectivity index (χ2n) is 6.31. The van der Waals surface area contributed by atoms with Crippen LogP contribution < -0.4 is 10.2 Å². The molecule has 0 aliphatic rings. The number of nitro benzene ring substituents is 1. The van der Waals surface area contributed by atoms with Crippen LogP contribution in [0.4, 0.5) is 28.9 Å². The van der Waals surface area contributed by atoms with E-state index in [9.17, 15) is 27.7 Å². The van der Waals surface area contributed by atoms with E-state index in [0.717, 1.165) is 12.1 Å². The van der Waals surface area contributed by atoms with Gasteiger partial charge in [-0.15, -0.1) is 0 Å². The largest absolute Gasteiger partial charge is 0.488 e. The average molecular weight is 433 g/mol. The molecule has 0 heterocycles. The average Bonchev–Trinajstić information content (AvgIpc) is 2.72. The molecule has 10 heteroatoms. The van der Waals surface area contributed by atoms with Gasteiger partial charge in [-0.3, -0.25) is 15.5 Å². The molecule has 3 aromatic carbocycles. The molecule has 0 radical (unpaired) electrons. The molecule has 0 aliphatic heterocycles.